The van der Waals surface area contributed by atoms with Crippen LogP contribution in [0.1, 0.15) is 53.5 Å². The van der Waals surface area contributed by atoms with Gasteiger partial charge in [0.2, 0.25) is 5.75 Å². The molecule has 1 amide bonds. The van der Waals surface area contributed by atoms with Gasteiger partial charge in [0.05, 0.1) is 25.9 Å². The van der Waals surface area contributed by atoms with Gasteiger partial charge in [-0.05, 0) is 32.9 Å². The van der Waals surface area contributed by atoms with Gasteiger partial charge in [0, 0.05) is 6.54 Å². The first kappa shape index (κ1) is 23.9. The van der Waals surface area contributed by atoms with E-state index in [4.69, 9.17) is 18.9 Å². The predicted molar refractivity (Wildman–Crippen MR) is 114 cm³/mol. The Bertz CT molecular complexity index is 1090. The Morgan fingerprint density at radius 2 is 1.85 bits per heavy atom. The van der Waals surface area contributed by atoms with Gasteiger partial charge in [0.1, 0.15) is 17.5 Å². The minimum absolute atomic E-state index is 0.00590. The van der Waals surface area contributed by atoms with Crippen molar-refractivity contribution in [3.05, 3.63) is 57.8 Å². The number of ether oxygens (including phenoxy) is 4. The van der Waals surface area contributed by atoms with Crippen LogP contribution in [-0.2, 0) is 14.2 Å². The van der Waals surface area contributed by atoms with E-state index in [-0.39, 0.29) is 31.1 Å². The van der Waals surface area contributed by atoms with E-state index in [0.717, 1.165) is 7.11 Å². The maximum absolute atomic E-state index is 12.8. The van der Waals surface area contributed by atoms with Gasteiger partial charge in [-0.15, -0.1) is 0 Å². The van der Waals surface area contributed by atoms with Crippen molar-refractivity contribution in [1.82, 2.24) is 14.9 Å². The smallest absolute Gasteiger partial charge is 0.411 e. The van der Waals surface area contributed by atoms with Crippen LogP contribution in [0.3, 0.4) is 0 Å². The first-order valence-corrected chi connectivity index (χ1v) is 10.2. The number of hydrogen-bond acceptors (Lipinski definition) is 9. The van der Waals surface area contributed by atoms with Crippen molar-refractivity contribution in [3.8, 4) is 5.75 Å². The van der Waals surface area contributed by atoms with Crippen molar-refractivity contribution in [1.29, 1.82) is 0 Å². The molecule has 1 aliphatic rings. The molecule has 1 saturated heterocycles. The number of hydrogen-bond donors (Lipinski definition) is 1. The topological polar surface area (TPSA) is 137 Å². The lowest BCUT2D eigenvalue weighted by molar-refractivity contribution is -0.0352. The van der Waals surface area contributed by atoms with E-state index in [2.05, 4.69) is 9.97 Å². The van der Waals surface area contributed by atoms with Crippen molar-refractivity contribution in [2.24, 2.45) is 0 Å². The van der Waals surface area contributed by atoms with Crippen LogP contribution in [-0.4, -0.2) is 65.4 Å². The highest BCUT2D eigenvalue weighted by molar-refractivity contribution is 5.94. The van der Waals surface area contributed by atoms with Gasteiger partial charge in [0.15, 0.2) is 5.69 Å². The molecule has 0 aliphatic carbocycles. The van der Waals surface area contributed by atoms with Crippen molar-refractivity contribution < 1.29 is 33.3 Å². The molecule has 0 spiro atoms. The normalized spacial score (nSPS) is 16.1. The second-order valence-electron chi connectivity index (χ2n) is 8.14. The summed E-state index contributed by atoms with van der Waals surface area (Å²) in [6, 6.07) is 7.10. The summed E-state index contributed by atoms with van der Waals surface area (Å²) in [5, 5.41) is 0. The van der Waals surface area contributed by atoms with Crippen LogP contribution in [0.2, 0.25) is 0 Å². The highest BCUT2D eigenvalue weighted by atomic mass is 16.6. The molecule has 0 saturated carbocycles. The minimum atomic E-state index is -0.987. The summed E-state index contributed by atoms with van der Waals surface area (Å²) in [4.78, 5) is 58.4. The summed E-state index contributed by atoms with van der Waals surface area (Å²) in [5.74, 6) is -2.48. The second kappa shape index (κ2) is 9.82. The van der Waals surface area contributed by atoms with E-state index < -0.39 is 46.7 Å². The SMILES string of the molecule is COC(=O)c1nc(C2COCCN2C(=O)OC(C)(C)C)[nH]c(=O)c1OC(=O)c1ccccc1. The van der Waals surface area contributed by atoms with Crippen LogP contribution >= 0.6 is 0 Å². The molecule has 176 valence electrons. The maximum Gasteiger partial charge on any atom is 0.411 e. The summed E-state index contributed by atoms with van der Waals surface area (Å²) in [6.07, 6.45) is -0.627. The molecule has 1 aromatic heterocycles. The van der Waals surface area contributed by atoms with Gasteiger partial charge < -0.3 is 23.9 Å². The van der Waals surface area contributed by atoms with E-state index in [1.54, 1.807) is 39.0 Å². The highest BCUT2D eigenvalue weighted by Crippen LogP contribution is 2.25. The summed E-state index contributed by atoms with van der Waals surface area (Å²) < 4.78 is 20.8. The number of amides is 1. The third-order valence-electron chi connectivity index (χ3n) is 4.55. The molecule has 1 atom stereocenters. The van der Waals surface area contributed by atoms with Crippen molar-refractivity contribution in [2.75, 3.05) is 26.9 Å². The molecule has 3 rings (SSSR count). The molecule has 2 aromatic rings. The molecule has 0 radical (unpaired) electrons. The fraction of sp³-hybridized carbons (Fsp3) is 0.409. The van der Waals surface area contributed by atoms with Gasteiger partial charge in [-0.1, -0.05) is 18.2 Å². The number of nitrogens with one attached hydrogen (secondary N) is 1. The van der Waals surface area contributed by atoms with Crippen LogP contribution in [0.4, 0.5) is 4.79 Å². The Balaban J connectivity index is 1.98. The first-order chi connectivity index (χ1) is 15.6. The maximum atomic E-state index is 12.8. The molecular formula is C22H25N3O8. The zero-order valence-electron chi connectivity index (χ0n) is 18.7. The van der Waals surface area contributed by atoms with Gasteiger partial charge >= 0.3 is 18.0 Å². The fourth-order valence-corrected chi connectivity index (χ4v) is 3.06. The number of carbonyl (C=O) groups excluding carboxylic acids is 3. The summed E-state index contributed by atoms with van der Waals surface area (Å²) in [5.41, 5.74) is -1.96. The van der Waals surface area contributed by atoms with E-state index in [9.17, 15) is 19.2 Å². The molecule has 1 N–H and O–H groups in total. The highest BCUT2D eigenvalue weighted by Gasteiger charge is 2.35. The molecule has 33 heavy (non-hydrogen) atoms. The zero-order chi connectivity index (χ0) is 24.2. The number of carbonyl (C=O) groups is 3. The zero-order valence-corrected chi connectivity index (χ0v) is 18.7. The molecule has 1 unspecified atom stereocenters. The summed E-state index contributed by atoms with van der Waals surface area (Å²) in [6.45, 7) is 5.63. The van der Waals surface area contributed by atoms with Crippen molar-refractivity contribution in [3.63, 3.8) is 0 Å². The number of aromatic amines is 1. The number of nitrogens with zero attached hydrogens (tertiary/aromatic N) is 2. The molecule has 1 aliphatic heterocycles. The number of rotatable bonds is 4. The Morgan fingerprint density at radius 3 is 2.48 bits per heavy atom. The Hall–Kier alpha value is -3.73. The van der Waals surface area contributed by atoms with Gasteiger partial charge in [0.25, 0.3) is 5.56 Å². The van der Waals surface area contributed by atoms with Crippen LogP contribution in [0.25, 0.3) is 0 Å². The van der Waals surface area contributed by atoms with Crippen LogP contribution in [0.15, 0.2) is 35.1 Å². The molecule has 2 heterocycles. The van der Waals surface area contributed by atoms with Crippen molar-refractivity contribution in [2.45, 2.75) is 32.4 Å². The fourth-order valence-electron chi connectivity index (χ4n) is 3.06. The number of methoxy groups -OCH3 is 1. The average molecular weight is 459 g/mol. The molecule has 1 aromatic carbocycles. The molecule has 11 heteroatoms. The second-order valence-corrected chi connectivity index (χ2v) is 8.14. The standard InChI is InChI=1S/C22H25N3O8/c1-22(2,3)33-21(29)25-10-11-31-12-14(25)17-23-15(20(28)30-4)16(18(26)24-17)32-19(27)13-8-6-5-7-9-13/h5-9,14H,10-12H2,1-4H3,(H,23,24,26). The van der Waals surface area contributed by atoms with Crippen LogP contribution < -0.4 is 10.3 Å². The quantitative estimate of drug-likeness (QED) is 0.681. The molecule has 0 bridgehead atoms. The van der Waals surface area contributed by atoms with Crippen molar-refractivity contribution >= 4 is 18.0 Å². The lowest BCUT2D eigenvalue weighted by Crippen LogP contribution is -2.46. The molecular weight excluding hydrogens is 434 g/mol. The van der Waals surface area contributed by atoms with Crippen LogP contribution in [0.5, 0.6) is 5.75 Å². The van der Waals surface area contributed by atoms with Gasteiger partial charge in [-0.2, -0.15) is 0 Å². The lowest BCUT2D eigenvalue weighted by Gasteiger charge is -2.35. The predicted octanol–water partition coefficient (Wildman–Crippen LogP) is 2.08. The minimum Gasteiger partial charge on any atom is -0.464 e. The Kier molecular flexibility index (Phi) is 7.12. The first-order valence-electron chi connectivity index (χ1n) is 10.2. The van der Waals surface area contributed by atoms with E-state index in [1.165, 1.54) is 17.0 Å². The Labute approximate surface area is 189 Å². The largest absolute Gasteiger partial charge is 0.464 e. The third-order valence-corrected chi connectivity index (χ3v) is 4.55. The monoisotopic (exact) mass is 459 g/mol. The number of benzene rings is 1. The summed E-state index contributed by atoms with van der Waals surface area (Å²) in [7, 11) is 1.10. The van der Waals surface area contributed by atoms with E-state index >= 15 is 0 Å². The number of aromatic nitrogens is 2. The van der Waals surface area contributed by atoms with Crippen LogP contribution in [0, 0.1) is 0 Å². The number of morpholine rings is 1. The van der Waals surface area contributed by atoms with Gasteiger partial charge in [-0.3, -0.25) is 9.69 Å². The lowest BCUT2D eigenvalue weighted by atomic mass is 10.2. The number of H-pyrrole nitrogens is 1. The summed E-state index contributed by atoms with van der Waals surface area (Å²) >= 11 is 0. The molecule has 1 fully saturated rings. The van der Waals surface area contributed by atoms with Gasteiger partial charge in [-0.25, -0.2) is 19.4 Å². The average Bonchev–Trinajstić information content (AvgIpc) is 2.79. The number of esters is 2. The van der Waals surface area contributed by atoms with E-state index in [1.807, 2.05) is 0 Å². The molecule has 11 nitrogen and oxygen atoms in total. The van der Waals surface area contributed by atoms with E-state index in [0.29, 0.717) is 0 Å². The third kappa shape index (κ3) is 5.75. The Morgan fingerprint density at radius 1 is 1.15 bits per heavy atom.